The average Bonchev–Trinajstić information content (AvgIpc) is 1.30. The molecule has 12 aromatic carbocycles. The molecule has 3 heterocycles. The summed E-state index contributed by atoms with van der Waals surface area (Å²) < 4.78 is 109. The molecule has 19 nitrogen and oxygen atoms in total. The predicted molar refractivity (Wildman–Crippen MR) is 450 cm³/mol. The van der Waals surface area contributed by atoms with Crippen molar-refractivity contribution in [1.29, 1.82) is 0 Å². The van der Waals surface area contributed by atoms with E-state index >= 15 is 0 Å². The van der Waals surface area contributed by atoms with Gasteiger partial charge in [-0.3, -0.25) is 13.6 Å². The average molecular weight is 1750 g/mol. The molecule has 4 N–H and O–H groups in total. The van der Waals surface area contributed by atoms with E-state index in [1.54, 1.807) is 25.0 Å². The quantitative estimate of drug-likeness (QED) is 0.0830. The summed E-state index contributed by atoms with van der Waals surface area (Å²) in [4.78, 5) is 0. The Morgan fingerprint density at radius 3 is 0.500 bits per heavy atom. The van der Waals surface area contributed by atoms with Crippen LogP contribution in [0.3, 0.4) is 0 Å². The van der Waals surface area contributed by atoms with Crippen LogP contribution in [0.2, 0.25) is 0 Å². The second kappa shape index (κ2) is 40.3. The van der Waals surface area contributed by atoms with Gasteiger partial charge in [-0.05, 0) is 0 Å². The monoisotopic (exact) mass is 1750 g/mol. The molecule has 557 valence electrons. The third-order valence-corrected chi connectivity index (χ3v) is 34.9. The fourth-order valence-corrected chi connectivity index (χ4v) is 29.1. The Hall–Kier alpha value is -9.00. The zero-order valence-corrected chi connectivity index (χ0v) is 69.5. The maximum atomic E-state index is 14.9. The zero-order valence-electron chi connectivity index (χ0n) is 59.8. The van der Waals surface area contributed by atoms with Gasteiger partial charge in [-0.1, -0.05) is 364 Å². The van der Waals surface area contributed by atoms with Crippen LogP contribution in [0.1, 0.15) is 0 Å². The first-order valence-corrected chi connectivity index (χ1v) is 47.5. The minimum Gasteiger partial charge on any atom is -0.492 e. The molecule has 1 radical (unpaired) electrons. The second-order valence-electron chi connectivity index (χ2n) is 24.0. The summed E-state index contributed by atoms with van der Waals surface area (Å²) in [7, 11) is -22.3. The molecular weight excluding hydrogens is 1670 g/mol. The van der Waals surface area contributed by atoms with E-state index in [9.17, 15) is 35.8 Å². The molecule has 0 aliphatic carbocycles. The van der Waals surface area contributed by atoms with E-state index in [0.717, 1.165) is 0 Å². The Labute approximate surface area is 677 Å². The molecule has 0 amide bonds. The number of benzene rings is 12. The summed E-state index contributed by atoms with van der Waals surface area (Å²) in [5, 5.41) is 44.4. The van der Waals surface area contributed by atoms with Gasteiger partial charge in [0.1, 0.15) is 21.7 Å². The van der Waals surface area contributed by atoms with Crippen LogP contribution in [0.25, 0.3) is 0 Å². The molecule has 0 aliphatic heterocycles. The Balaban J connectivity index is 0.000000195. The molecular formula is C82H76N9O10P6S2Sm. The van der Waals surface area contributed by atoms with Crippen molar-refractivity contribution in [2.24, 2.45) is 0 Å². The molecule has 0 fully saturated rings. The molecule has 0 unspecified atom stereocenters. The van der Waals surface area contributed by atoms with E-state index in [2.05, 4.69) is 46.2 Å². The van der Waals surface area contributed by atoms with Crippen LogP contribution in [0.4, 0.5) is 0 Å². The maximum Gasteiger partial charge on any atom is 3.00 e. The van der Waals surface area contributed by atoms with Gasteiger partial charge in [-0.2, -0.15) is 0 Å². The topological polar surface area (TPSA) is 319 Å². The molecule has 0 saturated carbocycles. The first-order valence-electron chi connectivity index (χ1n) is 33.3. The molecule has 0 atom stereocenters. The van der Waals surface area contributed by atoms with Gasteiger partial charge in [0, 0.05) is 121 Å². The summed E-state index contributed by atoms with van der Waals surface area (Å²) in [6.45, 7) is 0. The van der Waals surface area contributed by atoms with E-state index in [1.807, 2.05) is 364 Å². The van der Waals surface area contributed by atoms with Crippen molar-refractivity contribution in [1.82, 2.24) is 46.2 Å². The molecule has 3 aromatic heterocycles. The van der Waals surface area contributed by atoms with Gasteiger partial charge in [-0.25, -0.2) is 0 Å². The van der Waals surface area contributed by atoms with Gasteiger partial charge in [0.25, 0.3) is 0 Å². The van der Waals surface area contributed by atoms with Crippen molar-refractivity contribution >= 4 is 161 Å². The molecule has 15 aromatic rings. The second-order valence-corrected chi connectivity index (χ2v) is 43.0. The van der Waals surface area contributed by atoms with Crippen molar-refractivity contribution in [3.8, 4) is 0 Å². The molecule has 0 aliphatic rings. The predicted octanol–water partition coefficient (Wildman–Crippen LogP) is 6.48. The van der Waals surface area contributed by atoms with Gasteiger partial charge < -0.3 is 79.4 Å². The summed E-state index contributed by atoms with van der Waals surface area (Å²) >= 11 is 0. The third-order valence-electron chi connectivity index (χ3n) is 16.7. The van der Waals surface area contributed by atoms with Crippen LogP contribution in [0.15, 0.2) is 364 Å². The molecule has 0 saturated heterocycles. The SMILES string of the molecule is CS(C)=O.CS(C)=O.O.O.O=P(c1ccccc1)(c1ccccc1)c1n[n-]nc1P(=O)(c1ccccc1)c1ccccc1.O=P(c1ccccc1)(c1ccccc1)c1n[n-]nc1P(=O)(c1ccccc1)c1ccccc1.O=P(c1ccccc1)(c1ccccc1)c1nn[n-]c1P(=O)(c1ccccc1)c1ccccc1.[Sm+3]. The fourth-order valence-electron chi connectivity index (χ4n) is 11.8. The molecule has 110 heavy (non-hydrogen) atoms. The number of aromatic nitrogens is 9. The van der Waals surface area contributed by atoms with Crippen LogP contribution >= 0.6 is 42.9 Å². The fraction of sp³-hybridized carbons (Fsp3) is 0.0488. The van der Waals surface area contributed by atoms with Gasteiger partial charge in [0.2, 0.25) is 0 Å². The standard InChI is InChI=1S/3C26H20N3O2P2.2C2H6OS.2H2O.Sm/c3*30-32(21-13-5-1-6-14-21,22-15-7-2-8-16-22)25-26(28-29-27-25)33(31,23-17-9-3-10-18-23)24-19-11-4-12-20-24;2*1-4(2)3;;;/h3*1-20H;2*1-2H3;2*1H2;/q3*-1;;;;;+3. The van der Waals surface area contributed by atoms with Crippen molar-refractivity contribution < 1.29 is 87.1 Å². The molecule has 28 heteroatoms. The van der Waals surface area contributed by atoms with Crippen LogP contribution in [-0.2, 0) is 49.0 Å². The maximum absolute atomic E-state index is 14.9. The summed E-state index contributed by atoms with van der Waals surface area (Å²) in [6, 6.07) is 110. The van der Waals surface area contributed by atoms with Crippen molar-refractivity contribution in [2.75, 3.05) is 25.0 Å². The summed E-state index contributed by atoms with van der Waals surface area (Å²) in [5.41, 5.74) is 0.977. The third kappa shape index (κ3) is 18.8. The first-order chi connectivity index (χ1) is 51.9. The number of hydrogen-bond donors (Lipinski definition) is 0. The van der Waals surface area contributed by atoms with Crippen molar-refractivity contribution in [2.45, 2.75) is 0 Å². The van der Waals surface area contributed by atoms with Gasteiger partial charge in [0.05, 0.1) is 0 Å². The van der Waals surface area contributed by atoms with Crippen LogP contribution in [-0.4, -0.2) is 75.1 Å². The van der Waals surface area contributed by atoms with E-state index in [4.69, 9.17) is 0 Å². The van der Waals surface area contributed by atoms with Gasteiger partial charge >= 0.3 is 40.4 Å². The van der Waals surface area contributed by atoms with Crippen LogP contribution < -0.4 is 112 Å². The molecule has 15 rings (SSSR count). The van der Waals surface area contributed by atoms with E-state index in [0.29, 0.717) is 63.7 Å². The Bertz CT molecular complexity index is 4560. The Kier molecular flexibility index (Phi) is 31.7. The minimum absolute atomic E-state index is 0. The van der Waals surface area contributed by atoms with E-state index in [1.165, 1.54) is 0 Å². The van der Waals surface area contributed by atoms with E-state index < -0.39 is 64.5 Å². The molecule has 0 bridgehead atoms. The van der Waals surface area contributed by atoms with Crippen LogP contribution in [0, 0.1) is 40.4 Å². The normalized spacial score (nSPS) is 11.3. The Morgan fingerprint density at radius 2 is 0.355 bits per heavy atom. The summed E-state index contributed by atoms with van der Waals surface area (Å²) in [6.07, 6.45) is 6.56. The number of hydrogen-bond acceptors (Lipinski definition) is 14. The molecule has 0 spiro atoms. The van der Waals surface area contributed by atoms with E-state index in [-0.39, 0.29) is 84.0 Å². The largest absolute Gasteiger partial charge is 3.00 e. The van der Waals surface area contributed by atoms with Gasteiger partial charge in [0.15, 0.2) is 42.9 Å². The Morgan fingerprint density at radius 1 is 0.227 bits per heavy atom. The number of rotatable bonds is 18. The van der Waals surface area contributed by atoms with Crippen molar-refractivity contribution in [3.63, 3.8) is 0 Å². The first kappa shape index (κ1) is 86.6. The summed E-state index contributed by atoms with van der Waals surface area (Å²) in [5.74, 6) is 0. The smallest absolute Gasteiger partial charge is 0.492 e. The number of nitrogens with zero attached hydrogens (tertiary/aromatic N) is 9. The van der Waals surface area contributed by atoms with Crippen LogP contribution in [0.5, 0.6) is 0 Å². The zero-order chi connectivity index (χ0) is 75.3. The van der Waals surface area contributed by atoms with Crippen molar-refractivity contribution in [3.05, 3.63) is 364 Å². The van der Waals surface area contributed by atoms with Gasteiger partial charge in [-0.15, -0.1) is 0 Å². The minimum atomic E-state index is -3.51.